The number of carboxylic acids is 1. The van der Waals surface area contributed by atoms with Gasteiger partial charge < -0.3 is 5.11 Å². The molecule has 0 unspecified atom stereocenters. The molecule has 0 aromatic carbocycles. The van der Waals surface area contributed by atoms with Gasteiger partial charge >= 0.3 is 5.97 Å². The fourth-order valence-electron chi connectivity index (χ4n) is 0. The molecule has 0 aromatic rings. The molecule has 4 heteroatoms. The van der Waals surface area contributed by atoms with Crippen LogP contribution in [0.3, 0.4) is 0 Å². The van der Waals surface area contributed by atoms with Crippen molar-refractivity contribution in [2.45, 2.75) is 0 Å². The molecule has 0 bridgehead atoms. The van der Waals surface area contributed by atoms with Gasteiger partial charge in [0.05, 0.1) is 0 Å². The van der Waals surface area contributed by atoms with Gasteiger partial charge in [0.15, 0.2) is 0 Å². The molecule has 0 fully saturated rings. The van der Waals surface area contributed by atoms with Crippen molar-refractivity contribution in [2.24, 2.45) is 0 Å². The summed E-state index contributed by atoms with van der Waals surface area (Å²) in [5, 5.41) is 7.41. The monoisotopic (exact) mass is 220 g/mol. The maximum atomic E-state index is 9.47. The van der Waals surface area contributed by atoms with E-state index in [0.29, 0.717) is 0 Å². The van der Waals surface area contributed by atoms with Crippen molar-refractivity contribution in [1.82, 2.24) is 0 Å². The molecule has 0 atom stereocenters. The molecule has 0 spiro atoms. The summed E-state index contributed by atoms with van der Waals surface area (Å²) in [4.78, 5) is 9.47. The van der Waals surface area contributed by atoms with Crippen LogP contribution in [-0.2, 0) is 32.1 Å². The predicted octanol–water partition coefficient (Wildman–Crippen LogP) is 0.821. The van der Waals surface area contributed by atoms with Crippen molar-refractivity contribution < 1.29 is 37.2 Å². The molecule has 0 heterocycles. The van der Waals surface area contributed by atoms with Crippen LogP contribution in [0.5, 0.6) is 0 Å². The molecular formula is C3H3CdClO2. The predicted molar refractivity (Wildman–Crippen MR) is 22.6 cm³/mol. The van der Waals surface area contributed by atoms with Gasteiger partial charge in [-0.3, -0.25) is 0 Å². The van der Waals surface area contributed by atoms with E-state index in [1.165, 1.54) is 0 Å². The zero-order chi connectivity index (χ0) is 5.15. The van der Waals surface area contributed by atoms with Gasteiger partial charge in [-0.15, -0.1) is 0 Å². The zero-order valence-electron chi connectivity index (χ0n) is 3.65. The summed E-state index contributed by atoms with van der Waals surface area (Å²) < 4.78 is 0. The summed E-state index contributed by atoms with van der Waals surface area (Å²) in [5.74, 6) is -1.17. The summed E-state index contributed by atoms with van der Waals surface area (Å²) in [6.07, 6.45) is 0. The smallest absolute Gasteiger partial charge is 0.346 e. The Labute approximate surface area is 66.3 Å². The van der Waals surface area contributed by atoms with Crippen LogP contribution in [-0.4, -0.2) is 11.1 Å². The largest absolute Gasteiger partial charge is 0.477 e. The minimum absolute atomic E-state index is 0. The Morgan fingerprint density at radius 3 is 1.86 bits per heavy atom. The Kier molecular flexibility index (Phi) is 6.81. The SMILES string of the molecule is C=C(Cl)C(=O)O.[Cd]. The number of carboxylic acid groups (broad SMARTS) is 1. The Bertz CT molecular complexity index is 78.9. The summed E-state index contributed by atoms with van der Waals surface area (Å²) in [6.45, 7) is 2.92. The van der Waals surface area contributed by atoms with Crippen LogP contribution in [0.2, 0.25) is 0 Å². The molecule has 0 amide bonds. The van der Waals surface area contributed by atoms with E-state index in [0.717, 1.165) is 0 Å². The van der Waals surface area contributed by atoms with Gasteiger partial charge in [-0.25, -0.2) is 4.79 Å². The molecule has 0 aliphatic heterocycles. The van der Waals surface area contributed by atoms with Crippen LogP contribution >= 0.6 is 11.6 Å². The first kappa shape index (κ1) is 10.4. The number of halogens is 1. The van der Waals surface area contributed by atoms with Gasteiger partial charge in [-0.2, -0.15) is 0 Å². The van der Waals surface area contributed by atoms with Gasteiger partial charge in [0, 0.05) is 27.3 Å². The quantitative estimate of drug-likeness (QED) is 0.523. The first-order valence-electron chi connectivity index (χ1n) is 1.22. The van der Waals surface area contributed by atoms with Crippen molar-refractivity contribution in [3.05, 3.63) is 11.6 Å². The zero-order valence-corrected chi connectivity index (χ0v) is 8.44. The van der Waals surface area contributed by atoms with Crippen LogP contribution in [0.4, 0.5) is 0 Å². The van der Waals surface area contributed by atoms with Crippen molar-refractivity contribution >= 4 is 17.6 Å². The van der Waals surface area contributed by atoms with Gasteiger partial charge in [0.2, 0.25) is 0 Å². The molecule has 0 rings (SSSR count). The second-order valence-corrected chi connectivity index (χ2v) is 1.17. The Balaban J connectivity index is 0. The van der Waals surface area contributed by atoms with Gasteiger partial charge in [-0.05, 0) is 0 Å². The maximum absolute atomic E-state index is 9.47. The summed E-state index contributed by atoms with van der Waals surface area (Å²) in [5.41, 5.74) is 0. The molecule has 36 valence electrons. The third-order valence-corrected chi connectivity index (χ3v) is 0.394. The molecule has 0 aliphatic carbocycles. The van der Waals surface area contributed by atoms with E-state index in [1.54, 1.807) is 0 Å². The molecule has 7 heavy (non-hydrogen) atoms. The van der Waals surface area contributed by atoms with Crippen molar-refractivity contribution in [1.29, 1.82) is 0 Å². The third kappa shape index (κ3) is 6.42. The minimum Gasteiger partial charge on any atom is -0.477 e. The Morgan fingerprint density at radius 1 is 1.71 bits per heavy atom. The molecule has 0 saturated heterocycles. The number of hydrogen-bond donors (Lipinski definition) is 1. The number of carbonyl (C=O) groups is 1. The number of rotatable bonds is 1. The van der Waals surface area contributed by atoms with E-state index in [-0.39, 0.29) is 32.3 Å². The standard InChI is InChI=1S/C3H3ClO2.Cd/c1-2(4)3(5)6;/h1H2,(H,5,6);. The van der Waals surface area contributed by atoms with Crippen LogP contribution in [0, 0.1) is 0 Å². The second-order valence-electron chi connectivity index (χ2n) is 0.710. The molecule has 0 aromatic heterocycles. The summed E-state index contributed by atoms with van der Waals surface area (Å²) in [7, 11) is 0. The van der Waals surface area contributed by atoms with E-state index in [4.69, 9.17) is 16.7 Å². The van der Waals surface area contributed by atoms with Crippen molar-refractivity contribution in [3.8, 4) is 0 Å². The molecule has 2 nitrogen and oxygen atoms in total. The van der Waals surface area contributed by atoms with E-state index in [2.05, 4.69) is 6.58 Å². The second kappa shape index (κ2) is 4.58. The normalized spacial score (nSPS) is 6.43. The van der Waals surface area contributed by atoms with E-state index >= 15 is 0 Å². The number of aliphatic carboxylic acids is 1. The van der Waals surface area contributed by atoms with Gasteiger partial charge in [-0.1, -0.05) is 18.2 Å². The molecule has 1 N–H and O–H groups in total. The Morgan fingerprint density at radius 2 is 1.86 bits per heavy atom. The molecule has 0 radical (unpaired) electrons. The number of hydrogen-bond acceptors (Lipinski definition) is 1. The summed E-state index contributed by atoms with van der Waals surface area (Å²) >= 11 is 4.82. The van der Waals surface area contributed by atoms with E-state index in [1.807, 2.05) is 0 Å². The molecule has 0 aliphatic rings. The molecule has 0 saturated carbocycles. The van der Waals surface area contributed by atoms with Crippen LogP contribution < -0.4 is 0 Å². The van der Waals surface area contributed by atoms with E-state index in [9.17, 15) is 4.79 Å². The topological polar surface area (TPSA) is 37.3 Å². The Hall–Kier alpha value is 0.422. The average molecular weight is 219 g/mol. The van der Waals surface area contributed by atoms with Crippen molar-refractivity contribution in [3.63, 3.8) is 0 Å². The minimum atomic E-state index is -1.17. The average Bonchev–Trinajstić information content (AvgIpc) is 1.36. The van der Waals surface area contributed by atoms with Crippen LogP contribution in [0.1, 0.15) is 0 Å². The fourth-order valence-corrected chi connectivity index (χ4v) is 0. The fraction of sp³-hybridized carbons (Fsp3) is 0. The van der Waals surface area contributed by atoms with E-state index < -0.39 is 5.97 Å². The van der Waals surface area contributed by atoms with Crippen molar-refractivity contribution in [2.75, 3.05) is 0 Å². The van der Waals surface area contributed by atoms with Gasteiger partial charge in [0.1, 0.15) is 5.03 Å². The van der Waals surface area contributed by atoms with Crippen LogP contribution in [0.25, 0.3) is 0 Å². The first-order chi connectivity index (χ1) is 2.64. The van der Waals surface area contributed by atoms with Crippen LogP contribution in [0.15, 0.2) is 11.6 Å². The molecular weight excluding hydrogens is 216 g/mol. The maximum Gasteiger partial charge on any atom is 0.346 e. The summed E-state index contributed by atoms with van der Waals surface area (Å²) in [6, 6.07) is 0. The third-order valence-electron chi connectivity index (χ3n) is 0.232. The first-order valence-corrected chi connectivity index (χ1v) is 1.60. The van der Waals surface area contributed by atoms with Gasteiger partial charge in [0.25, 0.3) is 0 Å².